The van der Waals surface area contributed by atoms with Crippen molar-refractivity contribution in [2.75, 3.05) is 0 Å². The quantitative estimate of drug-likeness (QED) is 0.575. The molecule has 0 aromatic rings. The van der Waals surface area contributed by atoms with E-state index in [1.54, 1.807) is 0 Å². The van der Waals surface area contributed by atoms with E-state index < -0.39 is 17.4 Å². The summed E-state index contributed by atoms with van der Waals surface area (Å²) in [6.45, 7) is 5.50. The first-order valence-electron chi connectivity index (χ1n) is 2.97. The van der Waals surface area contributed by atoms with E-state index in [0.29, 0.717) is 0 Å². The van der Waals surface area contributed by atoms with Gasteiger partial charge in [0.2, 0.25) is 5.78 Å². The molecule has 0 atom stereocenters. The molecule has 0 aliphatic rings. The number of halogens is 3. The maximum atomic E-state index is 11.7. The molecule has 0 aromatic heterocycles. The summed E-state index contributed by atoms with van der Waals surface area (Å²) in [7, 11) is 0. The highest BCUT2D eigenvalue weighted by Gasteiger charge is 2.46. The minimum atomic E-state index is -4.77. The fourth-order valence-corrected chi connectivity index (χ4v) is 0.458. The molecule has 11 heavy (non-hydrogen) atoms. The normalized spacial score (nSPS) is 12.8. The van der Waals surface area contributed by atoms with Gasteiger partial charge in [0.05, 0.1) is 5.41 Å². The van der Waals surface area contributed by atoms with Gasteiger partial charge in [-0.05, 0) is 13.8 Å². The van der Waals surface area contributed by atoms with Gasteiger partial charge in [-0.25, -0.2) is 0 Å². The van der Waals surface area contributed by atoms with Crippen LogP contribution in [0.25, 0.3) is 0 Å². The smallest absolute Gasteiger partial charge is 0.289 e. The predicted molar refractivity (Wildman–Crippen MR) is 35.0 cm³/mol. The van der Waals surface area contributed by atoms with Crippen LogP contribution in [0.1, 0.15) is 13.8 Å². The average Bonchev–Trinajstić information content (AvgIpc) is 1.84. The van der Waals surface area contributed by atoms with Gasteiger partial charge in [-0.2, -0.15) is 13.2 Å². The Kier molecular flexibility index (Phi) is 2.48. The number of Topliss-reactive ketones (excluding diaryl/α,β-unsaturated/α-hetero) is 1. The molecule has 0 aliphatic heterocycles. The SMILES string of the molecule is C=CC(C)(C)C(=O)C(F)(F)F. The maximum absolute atomic E-state index is 11.7. The second-order valence-electron chi connectivity index (χ2n) is 2.75. The van der Waals surface area contributed by atoms with Crippen LogP contribution in [0.2, 0.25) is 0 Å². The first kappa shape index (κ1) is 10.2. The van der Waals surface area contributed by atoms with Crippen LogP contribution in [0.5, 0.6) is 0 Å². The van der Waals surface area contributed by atoms with E-state index in [9.17, 15) is 18.0 Å². The lowest BCUT2D eigenvalue weighted by Gasteiger charge is -2.19. The standard InChI is InChI=1S/C7H9F3O/c1-4-6(2,3)5(11)7(8,9)10/h4H,1H2,2-3H3. The first-order valence-corrected chi connectivity index (χ1v) is 2.97. The van der Waals surface area contributed by atoms with Gasteiger partial charge in [0.1, 0.15) is 0 Å². The van der Waals surface area contributed by atoms with Gasteiger partial charge in [-0.1, -0.05) is 6.08 Å². The second-order valence-corrected chi connectivity index (χ2v) is 2.75. The van der Waals surface area contributed by atoms with Gasteiger partial charge in [0, 0.05) is 0 Å². The summed E-state index contributed by atoms with van der Waals surface area (Å²) in [6.07, 6.45) is -3.78. The van der Waals surface area contributed by atoms with Crippen molar-refractivity contribution in [1.29, 1.82) is 0 Å². The Balaban J connectivity index is 4.63. The third-order valence-corrected chi connectivity index (χ3v) is 1.35. The highest BCUT2D eigenvalue weighted by molar-refractivity contribution is 5.90. The Hall–Kier alpha value is -0.800. The monoisotopic (exact) mass is 166 g/mol. The van der Waals surface area contributed by atoms with E-state index in [-0.39, 0.29) is 0 Å². The number of carbonyl (C=O) groups is 1. The van der Waals surface area contributed by atoms with Crippen LogP contribution in [-0.4, -0.2) is 12.0 Å². The van der Waals surface area contributed by atoms with Crippen molar-refractivity contribution in [1.82, 2.24) is 0 Å². The minimum absolute atomic E-state index is 0.989. The molecular weight excluding hydrogens is 157 g/mol. The molecule has 0 aliphatic carbocycles. The number of alkyl halides is 3. The van der Waals surface area contributed by atoms with Crippen molar-refractivity contribution in [3.63, 3.8) is 0 Å². The number of ketones is 1. The number of hydrogen-bond donors (Lipinski definition) is 0. The number of allylic oxidation sites excluding steroid dienone is 1. The van der Waals surface area contributed by atoms with E-state index in [0.717, 1.165) is 6.08 Å². The van der Waals surface area contributed by atoms with Crippen LogP contribution in [0.15, 0.2) is 12.7 Å². The van der Waals surface area contributed by atoms with Gasteiger partial charge in [0.15, 0.2) is 0 Å². The Bertz CT molecular complexity index is 179. The first-order chi connectivity index (χ1) is 4.72. The van der Waals surface area contributed by atoms with Crippen LogP contribution in [0.3, 0.4) is 0 Å². The van der Waals surface area contributed by atoms with Gasteiger partial charge in [-0.3, -0.25) is 4.79 Å². The summed E-state index contributed by atoms with van der Waals surface area (Å²) in [5.41, 5.74) is -1.52. The largest absolute Gasteiger partial charge is 0.450 e. The van der Waals surface area contributed by atoms with E-state index in [2.05, 4.69) is 6.58 Å². The molecule has 4 heteroatoms. The van der Waals surface area contributed by atoms with E-state index in [4.69, 9.17) is 0 Å². The summed E-state index contributed by atoms with van der Waals surface area (Å²) < 4.78 is 35.2. The van der Waals surface area contributed by atoms with Crippen LogP contribution in [-0.2, 0) is 4.79 Å². The number of rotatable bonds is 2. The molecule has 0 fully saturated rings. The van der Waals surface area contributed by atoms with Crippen molar-refractivity contribution < 1.29 is 18.0 Å². The van der Waals surface area contributed by atoms with E-state index in [1.165, 1.54) is 13.8 Å². The Morgan fingerprint density at radius 3 is 1.82 bits per heavy atom. The summed E-state index contributed by atoms with van der Waals surface area (Å²) in [5, 5.41) is 0. The van der Waals surface area contributed by atoms with E-state index in [1.807, 2.05) is 0 Å². The number of carbonyl (C=O) groups excluding carboxylic acids is 1. The molecule has 0 unspecified atom stereocenters. The van der Waals surface area contributed by atoms with Crippen molar-refractivity contribution in [3.8, 4) is 0 Å². The van der Waals surface area contributed by atoms with Crippen molar-refractivity contribution in [3.05, 3.63) is 12.7 Å². The summed E-state index contributed by atoms with van der Waals surface area (Å²) in [4.78, 5) is 10.5. The van der Waals surface area contributed by atoms with Crippen LogP contribution in [0, 0.1) is 5.41 Å². The predicted octanol–water partition coefficient (Wildman–Crippen LogP) is 2.33. The molecular formula is C7H9F3O. The van der Waals surface area contributed by atoms with Crippen LogP contribution < -0.4 is 0 Å². The third-order valence-electron chi connectivity index (χ3n) is 1.35. The molecule has 0 N–H and O–H groups in total. The Labute approximate surface area is 62.9 Å². The molecule has 0 saturated carbocycles. The van der Waals surface area contributed by atoms with Crippen molar-refractivity contribution in [2.24, 2.45) is 5.41 Å². The van der Waals surface area contributed by atoms with Crippen LogP contribution >= 0.6 is 0 Å². The minimum Gasteiger partial charge on any atom is -0.289 e. The van der Waals surface area contributed by atoms with E-state index >= 15 is 0 Å². The summed E-state index contributed by atoms with van der Waals surface area (Å²) in [5.74, 6) is -1.76. The molecule has 0 amide bonds. The summed E-state index contributed by atoms with van der Waals surface area (Å²) in [6, 6.07) is 0. The fraction of sp³-hybridized carbons (Fsp3) is 0.571. The maximum Gasteiger partial charge on any atom is 0.450 e. The lowest BCUT2D eigenvalue weighted by Crippen LogP contribution is -2.35. The summed E-state index contributed by atoms with van der Waals surface area (Å²) >= 11 is 0. The Morgan fingerprint density at radius 1 is 1.36 bits per heavy atom. The zero-order valence-electron chi connectivity index (χ0n) is 6.33. The molecule has 0 heterocycles. The molecule has 0 spiro atoms. The third kappa shape index (κ3) is 2.37. The molecule has 0 bridgehead atoms. The Morgan fingerprint density at radius 2 is 1.73 bits per heavy atom. The topological polar surface area (TPSA) is 17.1 Å². The lowest BCUT2D eigenvalue weighted by molar-refractivity contribution is -0.178. The van der Waals surface area contributed by atoms with Crippen LogP contribution in [0.4, 0.5) is 13.2 Å². The number of hydrogen-bond acceptors (Lipinski definition) is 1. The molecule has 64 valence electrons. The average molecular weight is 166 g/mol. The molecule has 0 radical (unpaired) electrons. The van der Waals surface area contributed by atoms with Gasteiger partial charge in [-0.15, -0.1) is 6.58 Å². The molecule has 0 aromatic carbocycles. The highest BCUT2D eigenvalue weighted by atomic mass is 19.4. The molecule has 0 saturated heterocycles. The van der Waals surface area contributed by atoms with Crippen molar-refractivity contribution >= 4 is 5.78 Å². The fourth-order valence-electron chi connectivity index (χ4n) is 0.458. The zero-order valence-corrected chi connectivity index (χ0v) is 6.33. The highest BCUT2D eigenvalue weighted by Crippen LogP contribution is 2.29. The zero-order chi connectivity index (χ0) is 9.28. The van der Waals surface area contributed by atoms with Gasteiger partial charge < -0.3 is 0 Å². The van der Waals surface area contributed by atoms with Crippen molar-refractivity contribution in [2.45, 2.75) is 20.0 Å². The lowest BCUT2D eigenvalue weighted by atomic mass is 9.88. The van der Waals surface area contributed by atoms with Gasteiger partial charge >= 0.3 is 6.18 Å². The molecule has 0 rings (SSSR count). The second kappa shape index (κ2) is 2.68. The molecule has 1 nitrogen and oxygen atoms in total. The van der Waals surface area contributed by atoms with Gasteiger partial charge in [0.25, 0.3) is 0 Å².